The highest BCUT2D eigenvalue weighted by molar-refractivity contribution is 5.97. The summed E-state index contributed by atoms with van der Waals surface area (Å²) in [6, 6.07) is 7.45. The molecular weight excluding hydrogens is 821 g/mol. The zero-order valence-electron chi connectivity index (χ0n) is 34.3. The highest BCUT2D eigenvalue weighted by Crippen LogP contribution is 2.23. The van der Waals surface area contributed by atoms with Gasteiger partial charge in [0.1, 0.15) is 30.2 Å². The van der Waals surface area contributed by atoms with Crippen LogP contribution in [0.3, 0.4) is 0 Å². The van der Waals surface area contributed by atoms with Crippen LogP contribution in [0.5, 0.6) is 0 Å². The Morgan fingerprint density at radius 3 is 1.79 bits per heavy atom. The predicted octanol–water partition coefficient (Wildman–Crippen LogP) is -2.58. The lowest BCUT2D eigenvalue weighted by Crippen LogP contribution is -2.58. The smallest absolute Gasteiger partial charge is 0.328 e. The number of nitrogens with one attached hydrogen (secondary N) is 9. The van der Waals surface area contributed by atoms with Crippen molar-refractivity contribution >= 4 is 69.1 Å². The number of carbonyl (C=O) groups is 8. The summed E-state index contributed by atoms with van der Waals surface area (Å²) in [4.78, 5) is 112. The van der Waals surface area contributed by atoms with Crippen molar-refractivity contribution in [2.45, 2.75) is 74.8 Å². The van der Waals surface area contributed by atoms with E-state index in [1.807, 2.05) is 30.3 Å². The molecule has 0 spiro atoms. The van der Waals surface area contributed by atoms with E-state index in [-0.39, 0.29) is 24.8 Å². The lowest BCUT2D eigenvalue weighted by atomic mass is 10.0. The molecule has 4 aromatic rings. The lowest BCUT2D eigenvalue weighted by Gasteiger charge is -2.28. The van der Waals surface area contributed by atoms with Gasteiger partial charge in [-0.05, 0) is 55.5 Å². The molecule has 0 aliphatic carbocycles. The predicted molar refractivity (Wildman–Crippen MR) is 225 cm³/mol. The second-order valence-corrected chi connectivity index (χ2v) is 15.5. The second-order valence-electron chi connectivity index (χ2n) is 15.5. The number of nitrogens with zero attached hydrogens (tertiary/aromatic N) is 1. The molecule has 2 aromatic heterocycles. The third kappa shape index (κ3) is 11.6. The third-order valence-corrected chi connectivity index (χ3v) is 11.2. The van der Waals surface area contributed by atoms with Gasteiger partial charge in [0.25, 0.3) is 0 Å². The van der Waals surface area contributed by atoms with Gasteiger partial charge in [0.15, 0.2) is 0 Å². The molecule has 6 rings (SSSR count). The van der Waals surface area contributed by atoms with Crippen molar-refractivity contribution in [3.05, 3.63) is 72.1 Å². The number of rotatable bonds is 20. The van der Waals surface area contributed by atoms with Crippen molar-refractivity contribution in [3.63, 3.8) is 0 Å². The molecule has 7 amide bonds. The number of carboxylic acid groups (broad SMARTS) is 1. The average molecular weight is 873 g/mol. The van der Waals surface area contributed by atoms with Crippen LogP contribution in [0.4, 0.5) is 0 Å². The van der Waals surface area contributed by atoms with Gasteiger partial charge >= 0.3 is 5.97 Å². The first-order valence-electron chi connectivity index (χ1n) is 20.7. The maximum Gasteiger partial charge on any atom is 0.328 e. The van der Waals surface area contributed by atoms with Gasteiger partial charge in [-0.1, -0.05) is 36.4 Å². The molecule has 0 saturated carbocycles. The topological polar surface area (TPSA) is 316 Å². The minimum absolute atomic E-state index is 0.0834. The summed E-state index contributed by atoms with van der Waals surface area (Å²) in [7, 11) is 0. The number of aliphatic hydroxyl groups excluding tert-OH is 2. The number of hydrogen-bond acceptors (Lipinski definition) is 11. The van der Waals surface area contributed by atoms with E-state index in [0.717, 1.165) is 28.2 Å². The van der Waals surface area contributed by atoms with Gasteiger partial charge in [0.05, 0.1) is 32.3 Å². The molecule has 2 fully saturated rings. The van der Waals surface area contributed by atoms with E-state index >= 15 is 0 Å². The van der Waals surface area contributed by atoms with Crippen LogP contribution < -0.4 is 37.2 Å². The maximum atomic E-state index is 14.1. The number of aromatic amines is 2. The molecule has 2 aliphatic rings. The Balaban J connectivity index is 1.08. The zero-order chi connectivity index (χ0) is 45.0. The molecule has 4 heterocycles. The first kappa shape index (κ1) is 45.7. The normalized spacial score (nSPS) is 17.9. The molecule has 336 valence electrons. The van der Waals surface area contributed by atoms with Crippen molar-refractivity contribution in [1.29, 1.82) is 0 Å². The van der Waals surface area contributed by atoms with Crippen LogP contribution in [0, 0.1) is 0 Å². The molecule has 21 heteroatoms. The monoisotopic (exact) mass is 872 g/mol. The standard InChI is InChI=1S/C42H52N10O11/c53-21-32(50-40(60)34-12-6-14-52(34)41(61)29-11-5-13-43-29)37(57)47-19-35(55)46-20-36(56)48-30(15-23-17-44-27-9-3-1-7-25(23)27)38(58)49-31(39(59)51-33(22-54)42(62)63)16-24-18-45-28-10-4-2-8-26(24)28/h1-4,7-10,17-18,29-34,43-45,53-54H,5-6,11-16,19-22H2,(H,46,55)(H,47,57)(H,48,56)(H,49,58)(H,50,60)(H,51,59)(H,62,63). The highest BCUT2D eigenvalue weighted by Gasteiger charge is 2.39. The van der Waals surface area contributed by atoms with E-state index in [0.29, 0.717) is 43.5 Å². The number of para-hydroxylation sites is 2. The van der Waals surface area contributed by atoms with Crippen LogP contribution in [-0.2, 0) is 51.2 Å². The fraction of sp³-hybridized carbons (Fsp3) is 0.429. The van der Waals surface area contributed by atoms with E-state index < -0.39 is 97.9 Å². The Kier molecular flexibility index (Phi) is 15.4. The summed E-state index contributed by atoms with van der Waals surface area (Å²) in [6.07, 6.45) is 5.61. The summed E-state index contributed by atoms with van der Waals surface area (Å²) in [5.74, 6) is -6.53. The molecular formula is C42H52N10O11. The fourth-order valence-electron chi connectivity index (χ4n) is 7.83. The van der Waals surface area contributed by atoms with Crippen molar-refractivity contribution < 1.29 is 53.7 Å². The number of benzene rings is 2. The Bertz CT molecular complexity index is 2320. The van der Waals surface area contributed by atoms with Crippen LogP contribution in [0.25, 0.3) is 21.8 Å². The molecule has 63 heavy (non-hydrogen) atoms. The fourth-order valence-corrected chi connectivity index (χ4v) is 7.83. The van der Waals surface area contributed by atoms with Gasteiger partial charge < -0.3 is 67.4 Å². The number of aliphatic carboxylic acids is 1. The number of H-pyrrole nitrogens is 2. The largest absolute Gasteiger partial charge is 0.480 e. The van der Waals surface area contributed by atoms with Crippen molar-refractivity contribution in [1.82, 2.24) is 52.1 Å². The number of likely N-dealkylation sites (tertiary alicyclic amines) is 1. The molecule has 2 aromatic carbocycles. The van der Waals surface area contributed by atoms with Crippen molar-refractivity contribution in [3.8, 4) is 0 Å². The van der Waals surface area contributed by atoms with Crippen LogP contribution in [0.15, 0.2) is 60.9 Å². The van der Waals surface area contributed by atoms with Gasteiger partial charge in [-0.25, -0.2) is 4.79 Å². The molecule has 21 nitrogen and oxygen atoms in total. The Morgan fingerprint density at radius 1 is 0.651 bits per heavy atom. The highest BCUT2D eigenvalue weighted by atomic mass is 16.4. The first-order chi connectivity index (χ1) is 30.4. The van der Waals surface area contributed by atoms with Gasteiger partial charge in [-0.15, -0.1) is 0 Å². The molecule has 6 unspecified atom stereocenters. The van der Waals surface area contributed by atoms with E-state index in [1.165, 1.54) is 4.90 Å². The summed E-state index contributed by atoms with van der Waals surface area (Å²) in [5.41, 5.74) is 2.75. The quantitative estimate of drug-likeness (QED) is 0.0436. The zero-order valence-corrected chi connectivity index (χ0v) is 34.3. The van der Waals surface area contributed by atoms with E-state index in [4.69, 9.17) is 0 Å². The lowest BCUT2D eigenvalue weighted by molar-refractivity contribution is -0.143. The first-order valence-corrected chi connectivity index (χ1v) is 20.7. The number of aliphatic hydroxyl groups is 2. The minimum atomic E-state index is -1.66. The van der Waals surface area contributed by atoms with Gasteiger partial charge in [0, 0.05) is 53.6 Å². The van der Waals surface area contributed by atoms with Crippen molar-refractivity contribution in [2.75, 3.05) is 39.4 Å². The number of amides is 7. The molecule has 0 bridgehead atoms. The van der Waals surface area contributed by atoms with Gasteiger partial charge in [0.2, 0.25) is 41.4 Å². The SMILES string of the molecule is O=C(CNC(=O)C(CO)NC(=O)C1CCCN1C(=O)C1CCCN1)NCC(=O)NC(Cc1c[nH]c2ccccc12)C(=O)NC(Cc1c[nH]c2ccccc12)C(=O)NC(CO)C(=O)O. The van der Waals surface area contributed by atoms with Crippen LogP contribution >= 0.6 is 0 Å². The Morgan fingerprint density at radius 2 is 1.22 bits per heavy atom. The van der Waals surface area contributed by atoms with Crippen LogP contribution in [0.1, 0.15) is 36.8 Å². The summed E-state index contributed by atoms with van der Waals surface area (Å²) in [5, 5.41) is 48.3. The summed E-state index contributed by atoms with van der Waals surface area (Å²) >= 11 is 0. The summed E-state index contributed by atoms with van der Waals surface area (Å²) < 4.78 is 0. The second kappa shape index (κ2) is 21.3. The molecule has 2 aliphatic heterocycles. The molecule has 12 N–H and O–H groups in total. The number of fused-ring (bicyclic) bond motifs is 2. The van der Waals surface area contributed by atoms with Crippen LogP contribution in [0.2, 0.25) is 0 Å². The number of aromatic nitrogens is 2. The maximum absolute atomic E-state index is 14.1. The molecule has 6 atom stereocenters. The molecule has 2 saturated heterocycles. The Hall–Kier alpha value is -6.84. The van der Waals surface area contributed by atoms with E-state index in [9.17, 15) is 53.7 Å². The number of hydrogen-bond donors (Lipinski definition) is 12. The Labute approximate surface area is 360 Å². The third-order valence-electron chi connectivity index (χ3n) is 11.2. The van der Waals surface area contributed by atoms with Crippen molar-refractivity contribution in [2.24, 2.45) is 0 Å². The van der Waals surface area contributed by atoms with Gasteiger partial charge in [-0.3, -0.25) is 33.6 Å². The van der Waals surface area contributed by atoms with Gasteiger partial charge in [-0.2, -0.15) is 0 Å². The average Bonchev–Trinajstić information content (AvgIpc) is 4.13. The summed E-state index contributed by atoms with van der Waals surface area (Å²) in [6.45, 7) is -1.91. The number of carboxylic acids is 1. The van der Waals surface area contributed by atoms with E-state index in [1.54, 1.807) is 30.6 Å². The van der Waals surface area contributed by atoms with E-state index in [2.05, 4.69) is 47.2 Å². The molecule has 0 radical (unpaired) electrons. The van der Waals surface area contributed by atoms with Crippen LogP contribution in [-0.4, -0.2) is 153 Å². The number of carbonyl (C=O) groups excluding carboxylic acids is 7. The minimum Gasteiger partial charge on any atom is -0.480 e.